The van der Waals surface area contributed by atoms with Crippen LogP contribution in [-0.2, 0) is 11.3 Å². The molecule has 1 atom stereocenters. The Morgan fingerprint density at radius 3 is 3.27 bits per heavy atom. The maximum atomic E-state index is 11.6. The third kappa shape index (κ3) is 2.79. The van der Waals surface area contributed by atoms with Gasteiger partial charge < -0.3 is 10.3 Å². The van der Waals surface area contributed by atoms with Crippen molar-refractivity contribution < 1.29 is 4.79 Å². The molecule has 0 saturated carbocycles. The van der Waals surface area contributed by atoms with Crippen molar-refractivity contribution in [3.63, 3.8) is 0 Å². The van der Waals surface area contributed by atoms with Gasteiger partial charge in [-0.2, -0.15) is 0 Å². The van der Waals surface area contributed by atoms with Crippen LogP contribution in [0, 0.1) is 0 Å². The first-order valence-electron chi connectivity index (χ1n) is 5.35. The molecule has 15 heavy (non-hydrogen) atoms. The normalized spacial score (nSPS) is 22.1. The van der Waals surface area contributed by atoms with Crippen molar-refractivity contribution in [1.29, 1.82) is 0 Å². The Labute approximate surface area is 88.7 Å². The maximum Gasteiger partial charge on any atom is 0.237 e. The maximum absolute atomic E-state index is 11.6. The smallest absolute Gasteiger partial charge is 0.237 e. The van der Waals surface area contributed by atoms with Crippen LogP contribution >= 0.6 is 0 Å². The number of hydrogen-bond acceptors (Lipinski definition) is 3. The van der Waals surface area contributed by atoms with Crippen LogP contribution in [0.1, 0.15) is 25.1 Å². The van der Waals surface area contributed by atoms with E-state index in [9.17, 15) is 4.79 Å². The monoisotopic (exact) mass is 208 g/mol. The summed E-state index contributed by atoms with van der Waals surface area (Å²) in [5.74, 6) is 0.978. The van der Waals surface area contributed by atoms with Crippen LogP contribution < -0.4 is 10.6 Å². The van der Waals surface area contributed by atoms with Crippen molar-refractivity contribution in [2.45, 2.75) is 31.8 Å². The fourth-order valence-corrected chi connectivity index (χ4v) is 1.75. The second-order valence-corrected chi connectivity index (χ2v) is 3.76. The number of aromatic nitrogens is 2. The Bertz CT molecular complexity index is 309. The molecule has 1 aliphatic heterocycles. The summed E-state index contributed by atoms with van der Waals surface area (Å²) in [7, 11) is 0. The van der Waals surface area contributed by atoms with E-state index in [1.807, 2.05) is 0 Å². The highest BCUT2D eigenvalue weighted by molar-refractivity contribution is 5.81. The van der Waals surface area contributed by atoms with Gasteiger partial charge in [0, 0.05) is 18.9 Å². The average molecular weight is 208 g/mol. The fourth-order valence-electron chi connectivity index (χ4n) is 1.75. The Morgan fingerprint density at radius 2 is 2.47 bits per heavy atom. The Hall–Kier alpha value is -1.36. The minimum Gasteiger partial charge on any atom is -0.355 e. The van der Waals surface area contributed by atoms with Gasteiger partial charge in [0.25, 0.3) is 0 Å². The van der Waals surface area contributed by atoms with Crippen LogP contribution in [0.4, 0.5) is 0 Å². The zero-order chi connectivity index (χ0) is 10.5. The highest BCUT2D eigenvalue weighted by Gasteiger charge is 2.19. The Kier molecular flexibility index (Phi) is 3.34. The standard InChI is InChI=1S/C10H16N4O/c15-10-8(3-1-2-4-13-10)14-7-9-11-5-6-12-9/h5-6,8,14H,1-4,7H2,(H,11,12)(H,13,15). The van der Waals surface area contributed by atoms with Gasteiger partial charge in [0.2, 0.25) is 5.91 Å². The molecule has 1 aromatic heterocycles. The predicted octanol–water partition coefficient (Wildman–Crippen LogP) is 0.168. The van der Waals surface area contributed by atoms with Crippen molar-refractivity contribution in [1.82, 2.24) is 20.6 Å². The lowest BCUT2D eigenvalue weighted by molar-refractivity contribution is -0.122. The van der Waals surface area contributed by atoms with E-state index >= 15 is 0 Å². The molecule has 1 amide bonds. The molecule has 1 fully saturated rings. The molecule has 1 aromatic rings. The SMILES string of the molecule is O=C1NCCCCC1NCc1ncc[nH]1. The van der Waals surface area contributed by atoms with Gasteiger partial charge in [-0.25, -0.2) is 4.98 Å². The number of nitrogens with one attached hydrogen (secondary N) is 3. The zero-order valence-corrected chi connectivity index (χ0v) is 8.62. The molecule has 0 bridgehead atoms. The molecule has 2 heterocycles. The molecule has 3 N–H and O–H groups in total. The van der Waals surface area contributed by atoms with Gasteiger partial charge in [0.15, 0.2) is 0 Å². The van der Waals surface area contributed by atoms with E-state index < -0.39 is 0 Å². The summed E-state index contributed by atoms with van der Waals surface area (Å²) in [6.45, 7) is 1.42. The zero-order valence-electron chi connectivity index (χ0n) is 8.62. The predicted molar refractivity (Wildman–Crippen MR) is 56.1 cm³/mol. The number of rotatable bonds is 3. The van der Waals surface area contributed by atoms with E-state index in [2.05, 4.69) is 20.6 Å². The number of nitrogens with zero attached hydrogens (tertiary/aromatic N) is 1. The first-order chi connectivity index (χ1) is 7.36. The number of aromatic amines is 1. The number of carbonyl (C=O) groups excluding carboxylic acids is 1. The van der Waals surface area contributed by atoms with Gasteiger partial charge in [0.1, 0.15) is 5.82 Å². The van der Waals surface area contributed by atoms with Crippen LogP contribution in [0.5, 0.6) is 0 Å². The van der Waals surface area contributed by atoms with Crippen molar-refractivity contribution >= 4 is 5.91 Å². The second-order valence-electron chi connectivity index (χ2n) is 3.76. The second kappa shape index (κ2) is 4.93. The van der Waals surface area contributed by atoms with Crippen molar-refractivity contribution in [2.75, 3.05) is 6.54 Å². The number of hydrogen-bond donors (Lipinski definition) is 3. The van der Waals surface area contributed by atoms with Crippen LogP contribution in [0.25, 0.3) is 0 Å². The summed E-state index contributed by atoms with van der Waals surface area (Å²) in [6.07, 6.45) is 6.57. The molecule has 1 aliphatic rings. The molecule has 5 nitrogen and oxygen atoms in total. The summed E-state index contributed by atoms with van der Waals surface area (Å²) in [5.41, 5.74) is 0. The molecular weight excluding hydrogens is 192 g/mol. The highest BCUT2D eigenvalue weighted by Crippen LogP contribution is 2.05. The van der Waals surface area contributed by atoms with Crippen LogP contribution in [0.2, 0.25) is 0 Å². The van der Waals surface area contributed by atoms with Gasteiger partial charge in [-0.15, -0.1) is 0 Å². The summed E-state index contributed by atoms with van der Waals surface area (Å²) >= 11 is 0. The lowest BCUT2D eigenvalue weighted by atomic mass is 10.1. The van der Waals surface area contributed by atoms with Crippen molar-refractivity contribution in [3.8, 4) is 0 Å². The molecule has 2 rings (SSSR count). The van der Waals surface area contributed by atoms with E-state index in [0.717, 1.165) is 31.6 Å². The van der Waals surface area contributed by atoms with Crippen LogP contribution in [0.15, 0.2) is 12.4 Å². The van der Waals surface area contributed by atoms with E-state index in [0.29, 0.717) is 6.54 Å². The lowest BCUT2D eigenvalue weighted by Gasteiger charge is -2.13. The quantitative estimate of drug-likeness (QED) is 0.663. The Morgan fingerprint density at radius 1 is 1.53 bits per heavy atom. The van der Waals surface area contributed by atoms with Gasteiger partial charge in [-0.05, 0) is 19.3 Å². The van der Waals surface area contributed by atoms with E-state index in [4.69, 9.17) is 0 Å². The minimum absolute atomic E-state index is 0.0717. The molecule has 1 saturated heterocycles. The molecule has 0 radical (unpaired) electrons. The average Bonchev–Trinajstić information content (AvgIpc) is 2.67. The molecule has 0 aliphatic carbocycles. The summed E-state index contributed by atoms with van der Waals surface area (Å²) in [4.78, 5) is 18.7. The van der Waals surface area contributed by atoms with Gasteiger partial charge in [-0.3, -0.25) is 10.1 Å². The first-order valence-corrected chi connectivity index (χ1v) is 5.35. The largest absolute Gasteiger partial charge is 0.355 e. The van der Waals surface area contributed by atoms with Gasteiger partial charge in [0.05, 0.1) is 12.6 Å². The topological polar surface area (TPSA) is 69.8 Å². The van der Waals surface area contributed by atoms with Crippen LogP contribution in [-0.4, -0.2) is 28.5 Å². The highest BCUT2D eigenvalue weighted by atomic mass is 16.2. The molecule has 1 unspecified atom stereocenters. The molecule has 0 spiro atoms. The van der Waals surface area contributed by atoms with E-state index in [-0.39, 0.29) is 11.9 Å². The lowest BCUT2D eigenvalue weighted by Crippen LogP contribution is -2.42. The summed E-state index contributed by atoms with van der Waals surface area (Å²) < 4.78 is 0. The third-order valence-corrected chi connectivity index (χ3v) is 2.61. The fraction of sp³-hybridized carbons (Fsp3) is 0.600. The third-order valence-electron chi connectivity index (χ3n) is 2.61. The minimum atomic E-state index is -0.0717. The van der Waals surface area contributed by atoms with Crippen molar-refractivity contribution in [3.05, 3.63) is 18.2 Å². The number of carbonyl (C=O) groups is 1. The molecular formula is C10H16N4O. The van der Waals surface area contributed by atoms with E-state index in [1.165, 1.54) is 0 Å². The summed E-state index contributed by atoms with van der Waals surface area (Å²) in [5, 5.41) is 6.10. The first kappa shape index (κ1) is 10.2. The Balaban J connectivity index is 1.84. The van der Waals surface area contributed by atoms with Gasteiger partial charge in [-0.1, -0.05) is 0 Å². The van der Waals surface area contributed by atoms with Crippen LogP contribution in [0.3, 0.4) is 0 Å². The number of amides is 1. The van der Waals surface area contributed by atoms with Crippen molar-refractivity contribution in [2.24, 2.45) is 0 Å². The number of H-pyrrole nitrogens is 1. The number of imidazole rings is 1. The molecule has 0 aromatic carbocycles. The van der Waals surface area contributed by atoms with Gasteiger partial charge >= 0.3 is 0 Å². The molecule has 82 valence electrons. The molecule has 5 heteroatoms. The van der Waals surface area contributed by atoms with E-state index in [1.54, 1.807) is 12.4 Å². The summed E-state index contributed by atoms with van der Waals surface area (Å²) in [6, 6.07) is -0.0717.